The number of nitrogens with zero attached hydrogens (tertiary/aromatic N) is 5. The lowest BCUT2D eigenvalue weighted by atomic mass is 10.2. The smallest absolute Gasteiger partial charge is 0.358 e. The van der Waals surface area contributed by atoms with Gasteiger partial charge in [0.25, 0.3) is 0 Å². The zero-order valence-corrected chi connectivity index (χ0v) is 13.3. The van der Waals surface area contributed by atoms with Gasteiger partial charge in [-0.05, 0) is 26.2 Å². The van der Waals surface area contributed by atoms with E-state index in [1.807, 2.05) is 6.07 Å². The predicted octanol–water partition coefficient (Wildman–Crippen LogP) is 2.09. The molecule has 8 nitrogen and oxygen atoms in total. The summed E-state index contributed by atoms with van der Waals surface area (Å²) >= 11 is 0. The van der Waals surface area contributed by atoms with Crippen molar-refractivity contribution >= 4 is 5.97 Å². The fourth-order valence-corrected chi connectivity index (χ4v) is 2.59. The number of esters is 1. The van der Waals surface area contributed by atoms with Gasteiger partial charge in [-0.15, -0.1) is 0 Å². The third-order valence-electron chi connectivity index (χ3n) is 3.69. The summed E-state index contributed by atoms with van der Waals surface area (Å²) in [7, 11) is 0. The zero-order valence-electron chi connectivity index (χ0n) is 13.3. The predicted molar refractivity (Wildman–Crippen MR) is 82.8 cm³/mol. The monoisotopic (exact) mass is 327 g/mol. The van der Waals surface area contributed by atoms with E-state index < -0.39 is 5.97 Å². The highest BCUT2D eigenvalue weighted by molar-refractivity contribution is 5.88. The van der Waals surface area contributed by atoms with E-state index in [1.54, 1.807) is 23.7 Å². The molecule has 124 valence electrons. The molecule has 0 bridgehead atoms. The molecule has 0 spiro atoms. The summed E-state index contributed by atoms with van der Waals surface area (Å²) in [5, 5.41) is 13.4. The highest BCUT2D eigenvalue weighted by Gasteiger charge is 2.24. The molecule has 1 saturated heterocycles. The van der Waals surface area contributed by atoms with Crippen LogP contribution in [0.1, 0.15) is 48.6 Å². The van der Waals surface area contributed by atoms with Crippen molar-refractivity contribution in [3.63, 3.8) is 0 Å². The number of nitriles is 1. The van der Waals surface area contributed by atoms with E-state index in [0.29, 0.717) is 18.0 Å². The van der Waals surface area contributed by atoms with E-state index in [0.717, 1.165) is 19.3 Å². The Morgan fingerprint density at radius 2 is 2.33 bits per heavy atom. The minimum atomic E-state index is -0.497. The minimum absolute atomic E-state index is 0.193. The normalized spacial score (nSPS) is 17.2. The average molecular weight is 327 g/mol. The van der Waals surface area contributed by atoms with Gasteiger partial charge in [-0.25, -0.2) is 19.4 Å². The van der Waals surface area contributed by atoms with Gasteiger partial charge in [0, 0.05) is 18.7 Å². The number of ether oxygens (including phenoxy) is 2. The van der Waals surface area contributed by atoms with Gasteiger partial charge < -0.3 is 9.47 Å². The maximum atomic E-state index is 12.0. The number of hydrogen-bond acceptors (Lipinski definition) is 7. The molecule has 1 unspecified atom stereocenters. The van der Waals surface area contributed by atoms with Gasteiger partial charge in [0.2, 0.25) is 0 Å². The van der Waals surface area contributed by atoms with Crippen molar-refractivity contribution in [2.24, 2.45) is 0 Å². The molecule has 0 amide bonds. The first-order valence-electron chi connectivity index (χ1n) is 7.83. The topological polar surface area (TPSA) is 103 Å². The Hall–Kier alpha value is -2.79. The molecule has 0 saturated carbocycles. The van der Waals surface area contributed by atoms with Crippen molar-refractivity contribution in [2.45, 2.75) is 32.4 Å². The van der Waals surface area contributed by atoms with Crippen LogP contribution >= 0.6 is 0 Å². The molecule has 1 aliphatic heterocycles. The number of carbonyl (C=O) groups excluding carboxylic acids is 1. The fourth-order valence-electron chi connectivity index (χ4n) is 2.59. The Bertz CT molecular complexity index is 774. The van der Waals surface area contributed by atoms with E-state index in [-0.39, 0.29) is 24.2 Å². The molecule has 1 aliphatic rings. The molecule has 24 heavy (non-hydrogen) atoms. The van der Waals surface area contributed by atoms with E-state index in [1.165, 1.54) is 6.33 Å². The van der Waals surface area contributed by atoms with Gasteiger partial charge in [-0.3, -0.25) is 0 Å². The Balaban J connectivity index is 2.04. The molecule has 0 aliphatic carbocycles. The first-order valence-corrected chi connectivity index (χ1v) is 7.83. The van der Waals surface area contributed by atoms with Crippen LogP contribution in [0, 0.1) is 11.3 Å². The van der Waals surface area contributed by atoms with Crippen LogP contribution in [0.25, 0.3) is 11.4 Å². The summed E-state index contributed by atoms with van der Waals surface area (Å²) in [5.41, 5.74) is 1.55. The average Bonchev–Trinajstić information content (AvgIpc) is 3.08. The number of carbonyl (C=O) groups is 1. The van der Waals surface area contributed by atoms with Gasteiger partial charge in [-0.2, -0.15) is 10.4 Å². The summed E-state index contributed by atoms with van der Waals surface area (Å²) in [4.78, 5) is 20.1. The zero-order chi connectivity index (χ0) is 16.9. The molecule has 2 aromatic rings. The number of rotatable bonds is 4. The lowest BCUT2D eigenvalue weighted by Crippen LogP contribution is -2.20. The summed E-state index contributed by atoms with van der Waals surface area (Å²) in [5.74, 6) is -0.497. The molecule has 1 atom stereocenters. The Kier molecular flexibility index (Phi) is 4.82. The molecular formula is C16H17N5O3. The van der Waals surface area contributed by atoms with Gasteiger partial charge in [0.1, 0.15) is 18.1 Å². The van der Waals surface area contributed by atoms with Gasteiger partial charge in [-0.1, -0.05) is 0 Å². The van der Waals surface area contributed by atoms with E-state index >= 15 is 0 Å². The Labute approximate surface area is 139 Å². The second-order valence-corrected chi connectivity index (χ2v) is 5.30. The molecule has 1 fully saturated rings. The Morgan fingerprint density at radius 1 is 1.46 bits per heavy atom. The second kappa shape index (κ2) is 7.19. The number of hydrogen-bond donors (Lipinski definition) is 0. The van der Waals surface area contributed by atoms with Crippen LogP contribution in [0.15, 0.2) is 18.5 Å². The lowest BCUT2D eigenvalue weighted by Gasteiger charge is -2.24. The van der Waals surface area contributed by atoms with Crippen LogP contribution in [-0.4, -0.2) is 38.9 Å². The summed E-state index contributed by atoms with van der Waals surface area (Å²) in [6, 6.07) is 5.15. The number of aromatic nitrogens is 4. The first kappa shape index (κ1) is 16.1. The standard InChI is InChI=1S/C16H17N5O3/c1-2-23-16(22)13-8-14(12-7-11(9-17)18-10-19-12)21(20-13)15-5-3-4-6-24-15/h7-8,10,15H,2-6H2,1H3. The van der Waals surface area contributed by atoms with Gasteiger partial charge >= 0.3 is 5.97 Å². The molecule has 3 heterocycles. The third kappa shape index (κ3) is 3.26. The molecule has 0 radical (unpaired) electrons. The first-order chi connectivity index (χ1) is 11.7. The summed E-state index contributed by atoms with van der Waals surface area (Å²) in [6.07, 6.45) is 3.87. The summed E-state index contributed by atoms with van der Waals surface area (Å²) in [6.45, 7) is 2.66. The van der Waals surface area contributed by atoms with Crippen molar-refractivity contribution < 1.29 is 14.3 Å². The van der Waals surface area contributed by atoms with Crippen molar-refractivity contribution in [1.82, 2.24) is 19.7 Å². The molecule has 3 rings (SSSR count). The highest BCUT2D eigenvalue weighted by Crippen LogP contribution is 2.28. The van der Waals surface area contributed by atoms with Gasteiger partial charge in [0.15, 0.2) is 11.9 Å². The quantitative estimate of drug-likeness (QED) is 0.792. The SMILES string of the molecule is CCOC(=O)c1cc(-c2cc(C#N)ncn2)n(C2CCCCO2)n1. The van der Waals surface area contributed by atoms with Crippen LogP contribution in [0.2, 0.25) is 0 Å². The molecule has 2 aromatic heterocycles. The fraction of sp³-hybridized carbons (Fsp3) is 0.438. The van der Waals surface area contributed by atoms with Crippen LogP contribution in [0.5, 0.6) is 0 Å². The van der Waals surface area contributed by atoms with E-state index in [9.17, 15) is 4.79 Å². The Morgan fingerprint density at radius 3 is 3.04 bits per heavy atom. The maximum Gasteiger partial charge on any atom is 0.358 e. The second-order valence-electron chi connectivity index (χ2n) is 5.30. The molecular weight excluding hydrogens is 310 g/mol. The summed E-state index contributed by atoms with van der Waals surface area (Å²) < 4.78 is 12.4. The van der Waals surface area contributed by atoms with Crippen LogP contribution in [0.3, 0.4) is 0 Å². The van der Waals surface area contributed by atoms with Crippen LogP contribution in [-0.2, 0) is 9.47 Å². The lowest BCUT2D eigenvalue weighted by molar-refractivity contribution is -0.0386. The van der Waals surface area contributed by atoms with E-state index in [4.69, 9.17) is 14.7 Å². The van der Waals surface area contributed by atoms with Crippen molar-refractivity contribution in [3.8, 4) is 17.5 Å². The highest BCUT2D eigenvalue weighted by atomic mass is 16.5. The van der Waals surface area contributed by atoms with Crippen LogP contribution < -0.4 is 0 Å². The van der Waals surface area contributed by atoms with E-state index in [2.05, 4.69) is 15.1 Å². The van der Waals surface area contributed by atoms with Crippen molar-refractivity contribution in [3.05, 3.63) is 29.8 Å². The van der Waals surface area contributed by atoms with Crippen molar-refractivity contribution in [1.29, 1.82) is 5.26 Å². The minimum Gasteiger partial charge on any atom is -0.461 e. The third-order valence-corrected chi connectivity index (χ3v) is 3.69. The molecule has 8 heteroatoms. The van der Waals surface area contributed by atoms with Crippen LogP contribution in [0.4, 0.5) is 0 Å². The molecule has 0 aromatic carbocycles. The van der Waals surface area contributed by atoms with Gasteiger partial charge in [0.05, 0.1) is 18.0 Å². The maximum absolute atomic E-state index is 12.0. The largest absolute Gasteiger partial charge is 0.461 e. The molecule has 0 N–H and O–H groups in total. The van der Waals surface area contributed by atoms with Crippen molar-refractivity contribution in [2.75, 3.05) is 13.2 Å².